The molecule has 1 amide bonds. The third-order valence-electron chi connectivity index (χ3n) is 4.30. The Labute approximate surface area is 128 Å². The molecule has 20 heavy (non-hydrogen) atoms. The predicted molar refractivity (Wildman–Crippen MR) is 89.0 cm³/mol. The Hall–Kier alpha value is -0.220. The molecule has 0 aliphatic heterocycles. The van der Waals surface area contributed by atoms with Crippen LogP contribution in [0.2, 0.25) is 0 Å². The van der Waals surface area contributed by atoms with Crippen molar-refractivity contribution in [3.8, 4) is 0 Å². The Morgan fingerprint density at radius 2 is 1.90 bits per heavy atom. The molecule has 0 heterocycles. The van der Waals surface area contributed by atoms with Crippen LogP contribution < -0.4 is 11.1 Å². The molecule has 1 aliphatic carbocycles. The summed E-state index contributed by atoms with van der Waals surface area (Å²) in [7, 11) is 0. The fourth-order valence-corrected chi connectivity index (χ4v) is 3.98. The minimum Gasteiger partial charge on any atom is -0.354 e. The molecule has 0 saturated heterocycles. The van der Waals surface area contributed by atoms with Crippen LogP contribution in [0.5, 0.6) is 0 Å². The van der Waals surface area contributed by atoms with Gasteiger partial charge in [0.15, 0.2) is 0 Å². The summed E-state index contributed by atoms with van der Waals surface area (Å²) in [6, 6.07) is 0. The Bertz CT molecular complexity index is 306. The van der Waals surface area contributed by atoms with Gasteiger partial charge in [-0.2, -0.15) is 11.8 Å². The molecule has 1 fully saturated rings. The summed E-state index contributed by atoms with van der Waals surface area (Å²) >= 11 is 1.92. The lowest BCUT2D eigenvalue weighted by atomic mass is 9.84. The monoisotopic (exact) mass is 300 g/mol. The van der Waals surface area contributed by atoms with E-state index in [0.717, 1.165) is 13.0 Å². The first kappa shape index (κ1) is 17.8. The zero-order valence-corrected chi connectivity index (χ0v) is 14.4. The van der Waals surface area contributed by atoms with Crippen molar-refractivity contribution in [2.75, 3.05) is 19.3 Å². The molecule has 0 spiro atoms. The lowest BCUT2D eigenvalue weighted by Gasteiger charge is -2.36. The van der Waals surface area contributed by atoms with Crippen LogP contribution in [-0.4, -0.2) is 30.0 Å². The van der Waals surface area contributed by atoms with Crippen molar-refractivity contribution in [3.05, 3.63) is 0 Å². The molecule has 1 unspecified atom stereocenters. The molecule has 1 saturated carbocycles. The van der Waals surface area contributed by atoms with E-state index in [1.54, 1.807) is 0 Å². The van der Waals surface area contributed by atoms with E-state index in [1.807, 2.05) is 11.8 Å². The van der Waals surface area contributed by atoms with Crippen LogP contribution in [0.4, 0.5) is 0 Å². The van der Waals surface area contributed by atoms with Gasteiger partial charge in [-0.25, -0.2) is 0 Å². The zero-order valence-electron chi connectivity index (χ0n) is 13.6. The third kappa shape index (κ3) is 5.65. The number of amides is 1. The first-order valence-corrected chi connectivity index (χ1v) is 9.07. The van der Waals surface area contributed by atoms with Crippen LogP contribution in [-0.2, 0) is 4.79 Å². The van der Waals surface area contributed by atoms with E-state index in [2.05, 4.69) is 32.3 Å². The van der Waals surface area contributed by atoms with E-state index in [0.29, 0.717) is 6.54 Å². The molecule has 0 bridgehead atoms. The molecular formula is C16H32N2OS. The highest BCUT2D eigenvalue weighted by Gasteiger charge is 2.32. The van der Waals surface area contributed by atoms with E-state index in [-0.39, 0.29) is 22.0 Å². The Morgan fingerprint density at radius 1 is 1.30 bits per heavy atom. The summed E-state index contributed by atoms with van der Waals surface area (Å²) in [5.74, 6) is 0.0823. The second-order valence-corrected chi connectivity index (χ2v) is 8.64. The van der Waals surface area contributed by atoms with Crippen molar-refractivity contribution in [1.82, 2.24) is 5.32 Å². The van der Waals surface area contributed by atoms with Crippen molar-refractivity contribution in [2.45, 2.75) is 64.0 Å². The number of thioether (sulfide) groups is 1. The normalized spacial score (nSPS) is 20.4. The van der Waals surface area contributed by atoms with Gasteiger partial charge in [-0.15, -0.1) is 0 Å². The lowest BCUT2D eigenvalue weighted by Crippen LogP contribution is -2.45. The van der Waals surface area contributed by atoms with Gasteiger partial charge in [0.1, 0.15) is 0 Å². The number of hydrogen-bond acceptors (Lipinski definition) is 3. The van der Waals surface area contributed by atoms with Gasteiger partial charge in [0.05, 0.1) is 5.92 Å². The van der Waals surface area contributed by atoms with Crippen LogP contribution in [0.1, 0.15) is 59.3 Å². The van der Waals surface area contributed by atoms with E-state index in [1.165, 1.54) is 32.1 Å². The SMILES string of the molecule is CSC1(CNC(=O)C(CN)CC(C)(C)C)CCCCC1. The van der Waals surface area contributed by atoms with Gasteiger partial charge in [-0.05, 0) is 30.9 Å². The van der Waals surface area contributed by atoms with E-state index in [4.69, 9.17) is 5.73 Å². The van der Waals surface area contributed by atoms with Gasteiger partial charge < -0.3 is 11.1 Å². The van der Waals surface area contributed by atoms with Crippen molar-refractivity contribution in [3.63, 3.8) is 0 Å². The average molecular weight is 301 g/mol. The third-order valence-corrected chi connectivity index (χ3v) is 5.72. The van der Waals surface area contributed by atoms with Crippen LogP contribution in [0.25, 0.3) is 0 Å². The average Bonchev–Trinajstić information content (AvgIpc) is 2.42. The van der Waals surface area contributed by atoms with Crippen LogP contribution in [0, 0.1) is 11.3 Å². The van der Waals surface area contributed by atoms with Gasteiger partial charge in [0.2, 0.25) is 5.91 Å². The summed E-state index contributed by atoms with van der Waals surface area (Å²) in [5.41, 5.74) is 5.93. The molecule has 0 radical (unpaired) electrons. The largest absolute Gasteiger partial charge is 0.354 e. The fourth-order valence-electron chi connectivity index (χ4n) is 3.06. The van der Waals surface area contributed by atoms with Crippen molar-refractivity contribution >= 4 is 17.7 Å². The van der Waals surface area contributed by atoms with Gasteiger partial charge in [-0.3, -0.25) is 4.79 Å². The quantitative estimate of drug-likeness (QED) is 0.792. The second-order valence-electron chi connectivity index (χ2n) is 7.36. The second kappa shape index (κ2) is 7.69. The summed E-state index contributed by atoms with van der Waals surface area (Å²) in [6.45, 7) is 7.72. The first-order chi connectivity index (χ1) is 9.32. The van der Waals surface area contributed by atoms with Crippen molar-refractivity contribution < 1.29 is 4.79 Å². The minimum atomic E-state index is -0.0579. The molecule has 118 valence electrons. The topological polar surface area (TPSA) is 55.1 Å². The van der Waals surface area contributed by atoms with E-state index in [9.17, 15) is 4.79 Å². The number of rotatable bonds is 6. The highest BCUT2D eigenvalue weighted by atomic mass is 32.2. The number of nitrogens with two attached hydrogens (primary N) is 1. The maximum absolute atomic E-state index is 12.4. The van der Waals surface area contributed by atoms with Gasteiger partial charge in [0.25, 0.3) is 0 Å². The van der Waals surface area contributed by atoms with Crippen LogP contribution >= 0.6 is 11.8 Å². The maximum Gasteiger partial charge on any atom is 0.224 e. The van der Waals surface area contributed by atoms with Crippen LogP contribution in [0.15, 0.2) is 0 Å². The van der Waals surface area contributed by atoms with Crippen molar-refractivity contribution in [2.24, 2.45) is 17.1 Å². The summed E-state index contributed by atoms with van der Waals surface area (Å²) in [6.07, 6.45) is 9.39. The molecular weight excluding hydrogens is 268 g/mol. The van der Waals surface area contributed by atoms with E-state index < -0.39 is 0 Å². The molecule has 0 aromatic carbocycles. The highest BCUT2D eigenvalue weighted by Crippen LogP contribution is 2.38. The Morgan fingerprint density at radius 3 is 2.35 bits per heavy atom. The molecule has 3 N–H and O–H groups in total. The molecule has 1 rings (SSSR count). The molecule has 0 aromatic rings. The van der Waals surface area contributed by atoms with Gasteiger partial charge in [-0.1, -0.05) is 40.0 Å². The molecule has 0 aromatic heterocycles. The van der Waals surface area contributed by atoms with Crippen molar-refractivity contribution in [1.29, 1.82) is 0 Å². The number of carbonyl (C=O) groups excluding carboxylic acids is 1. The van der Waals surface area contributed by atoms with Crippen LogP contribution in [0.3, 0.4) is 0 Å². The molecule has 1 atom stereocenters. The number of hydrogen-bond donors (Lipinski definition) is 2. The number of carbonyl (C=O) groups is 1. The summed E-state index contributed by atoms with van der Waals surface area (Å²) in [4.78, 5) is 12.4. The fraction of sp³-hybridized carbons (Fsp3) is 0.938. The summed E-state index contributed by atoms with van der Waals surface area (Å²) in [5, 5.41) is 3.18. The van der Waals surface area contributed by atoms with Gasteiger partial charge >= 0.3 is 0 Å². The Balaban J connectivity index is 2.51. The first-order valence-electron chi connectivity index (χ1n) is 7.85. The lowest BCUT2D eigenvalue weighted by molar-refractivity contribution is -0.125. The molecule has 4 heteroatoms. The van der Waals surface area contributed by atoms with E-state index >= 15 is 0 Å². The Kier molecular flexibility index (Phi) is 6.86. The molecule has 3 nitrogen and oxygen atoms in total. The predicted octanol–water partition coefficient (Wildman–Crippen LogP) is 3.18. The minimum absolute atomic E-state index is 0.0579. The summed E-state index contributed by atoms with van der Waals surface area (Å²) < 4.78 is 0.259. The standard InChI is InChI=1S/C16H32N2OS/c1-15(2,3)10-13(11-17)14(19)18-12-16(20-4)8-6-5-7-9-16/h13H,5-12,17H2,1-4H3,(H,18,19). The smallest absolute Gasteiger partial charge is 0.224 e. The maximum atomic E-state index is 12.4. The van der Waals surface area contributed by atoms with Gasteiger partial charge in [0, 0.05) is 17.8 Å². The zero-order chi connectivity index (χ0) is 15.2. The number of nitrogens with one attached hydrogen (secondary N) is 1. The highest BCUT2D eigenvalue weighted by molar-refractivity contribution is 8.00. The molecule has 1 aliphatic rings.